The highest BCUT2D eigenvalue weighted by atomic mass is 16.5. The third-order valence-corrected chi connectivity index (χ3v) is 14.0. The molecule has 3 aliphatic carbocycles. The minimum absolute atomic E-state index is 0.0207. The molecule has 0 aromatic carbocycles. The van der Waals surface area contributed by atoms with Gasteiger partial charge >= 0.3 is 0 Å². The Hall–Kier alpha value is -1.27. The van der Waals surface area contributed by atoms with Crippen LogP contribution in [0.25, 0.3) is 0 Å². The Morgan fingerprint density at radius 2 is 1.39 bits per heavy atom. The Bertz CT molecular complexity index is 1060. The van der Waals surface area contributed by atoms with E-state index in [1.54, 1.807) is 0 Å². The summed E-state index contributed by atoms with van der Waals surface area (Å²) in [6.45, 7) is 14.1. The Morgan fingerprint density at radius 1 is 0.796 bits per heavy atom. The number of ketones is 2. The monoisotopic (exact) mass is 685 g/mol. The van der Waals surface area contributed by atoms with Crippen LogP contribution in [0.15, 0.2) is 0 Å². The van der Waals surface area contributed by atoms with Crippen molar-refractivity contribution in [1.29, 1.82) is 0 Å². The number of fused-ring (bicyclic) bond motifs is 5. The second-order valence-electron chi connectivity index (χ2n) is 18.0. The molecule has 6 nitrogen and oxygen atoms in total. The third-order valence-electron chi connectivity index (χ3n) is 14.0. The summed E-state index contributed by atoms with van der Waals surface area (Å²) in [6.07, 6.45) is 26.4. The lowest BCUT2D eigenvalue weighted by atomic mass is 9.61. The number of carbonyl (C=O) groups is 3. The maximum Gasteiger partial charge on any atom is 0.220 e. The zero-order valence-electron chi connectivity index (χ0n) is 32.8. The number of rotatable bonds is 16. The molecule has 1 aliphatic heterocycles. The topological polar surface area (TPSA) is 84.5 Å². The Labute approximate surface area is 301 Å². The van der Waals surface area contributed by atoms with Gasteiger partial charge in [0.2, 0.25) is 5.91 Å². The van der Waals surface area contributed by atoms with Crippen molar-refractivity contribution in [3.63, 3.8) is 0 Å². The summed E-state index contributed by atoms with van der Waals surface area (Å²) in [5.41, 5.74) is -1.01. The van der Waals surface area contributed by atoms with Gasteiger partial charge in [-0.3, -0.25) is 14.4 Å². The van der Waals surface area contributed by atoms with Gasteiger partial charge in [0.15, 0.2) is 5.78 Å². The van der Waals surface area contributed by atoms with Gasteiger partial charge in [-0.1, -0.05) is 98.3 Å². The van der Waals surface area contributed by atoms with E-state index in [0.29, 0.717) is 49.4 Å². The highest BCUT2D eigenvalue weighted by Gasteiger charge is 2.70. The molecule has 49 heavy (non-hydrogen) atoms. The van der Waals surface area contributed by atoms with Gasteiger partial charge in [-0.25, -0.2) is 0 Å². The van der Waals surface area contributed by atoms with Crippen molar-refractivity contribution in [3.8, 4) is 0 Å². The second kappa shape index (κ2) is 18.5. The molecular weight excluding hydrogens is 608 g/mol. The van der Waals surface area contributed by atoms with E-state index >= 15 is 0 Å². The molecule has 0 aromatic heterocycles. The summed E-state index contributed by atoms with van der Waals surface area (Å²) in [6, 6.07) is -0.0364. The number of nitrogens with one attached hydrogen (secondary N) is 2. The molecule has 4 rings (SSSR count). The van der Waals surface area contributed by atoms with Crippen LogP contribution in [-0.2, 0) is 19.1 Å². The lowest BCUT2D eigenvalue weighted by Crippen LogP contribution is -2.55. The molecule has 4 fully saturated rings. The van der Waals surface area contributed by atoms with Crippen LogP contribution in [0.2, 0.25) is 0 Å². The van der Waals surface area contributed by atoms with E-state index in [1.807, 2.05) is 0 Å². The zero-order chi connectivity index (χ0) is 35.5. The molecule has 0 aromatic rings. The van der Waals surface area contributed by atoms with Crippen LogP contribution in [0.5, 0.6) is 0 Å². The number of ether oxygens (including phenoxy) is 1. The summed E-state index contributed by atoms with van der Waals surface area (Å²) in [7, 11) is 0. The molecule has 4 aliphatic rings. The van der Waals surface area contributed by atoms with Gasteiger partial charge in [-0.05, 0) is 103 Å². The second-order valence-corrected chi connectivity index (χ2v) is 18.0. The molecule has 5 unspecified atom stereocenters. The number of unbranched alkanes of at least 4 members (excludes halogenated alkanes) is 1. The van der Waals surface area contributed by atoms with Crippen molar-refractivity contribution in [2.45, 2.75) is 213 Å². The van der Waals surface area contributed by atoms with E-state index in [-0.39, 0.29) is 34.2 Å². The maximum atomic E-state index is 14.2. The van der Waals surface area contributed by atoms with E-state index < -0.39 is 5.60 Å². The SMILES string of the molecule is CCC12NC(CCCCNC(=O)CCC(C)(C)OCCC(C)(C)C(=O)C3CCCCCCCCC3)C(=O)C1(CC)C1CCCCCCC2C1. The Balaban J connectivity index is 1.15. The first-order valence-corrected chi connectivity index (χ1v) is 21.2. The molecular formula is C43H76N2O4. The molecule has 2 N–H and O–H groups in total. The molecule has 3 saturated carbocycles. The molecule has 6 heteroatoms. The van der Waals surface area contributed by atoms with E-state index in [2.05, 4.69) is 52.2 Å². The summed E-state index contributed by atoms with van der Waals surface area (Å²) in [5.74, 6) is 2.36. The number of hydrogen-bond acceptors (Lipinski definition) is 5. The van der Waals surface area contributed by atoms with Crippen LogP contribution >= 0.6 is 0 Å². The first kappa shape index (κ1) is 40.5. The lowest BCUT2D eigenvalue weighted by molar-refractivity contribution is -0.134. The van der Waals surface area contributed by atoms with Gasteiger partial charge in [-0.2, -0.15) is 0 Å². The van der Waals surface area contributed by atoms with E-state index in [9.17, 15) is 14.4 Å². The van der Waals surface area contributed by atoms with Crippen molar-refractivity contribution >= 4 is 17.5 Å². The van der Waals surface area contributed by atoms with Gasteiger partial charge in [0.05, 0.1) is 17.1 Å². The molecule has 1 saturated heterocycles. The number of amides is 1. The number of carbonyl (C=O) groups excluding carboxylic acids is 3. The van der Waals surface area contributed by atoms with Crippen molar-refractivity contribution < 1.29 is 19.1 Å². The molecule has 1 amide bonds. The van der Waals surface area contributed by atoms with E-state index in [4.69, 9.17) is 4.74 Å². The number of hydrogen-bond donors (Lipinski definition) is 2. The fourth-order valence-corrected chi connectivity index (χ4v) is 11.0. The minimum Gasteiger partial charge on any atom is -0.376 e. The molecule has 0 radical (unpaired) electrons. The molecule has 5 atom stereocenters. The zero-order valence-corrected chi connectivity index (χ0v) is 32.8. The van der Waals surface area contributed by atoms with Gasteiger partial charge in [0.1, 0.15) is 5.78 Å². The smallest absolute Gasteiger partial charge is 0.220 e. The van der Waals surface area contributed by atoms with Crippen molar-refractivity contribution in [3.05, 3.63) is 0 Å². The van der Waals surface area contributed by atoms with Crippen molar-refractivity contribution in [1.82, 2.24) is 10.6 Å². The average molecular weight is 685 g/mol. The minimum atomic E-state index is -0.418. The van der Waals surface area contributed by atoms with Gasteiger partial charge in [0.25, 0.3) is 0 Å². The van der Waals surface area contributed by atoms with Crippen LogP contribution in [0.3, 0.4) is 0 Å². The summed E-state index contributed by atoms with van der Waals surface area (Å²) in [4.78, 5) is 40.5. The van der Waals surface area contributed by atoms with Crippen LogP contribution in [-0.4, -0.2) is 47.8 Å². The molecule has 1 heterocycles. The van der Waals surface area contributed by atoms with Gasteiger partial charge in [0, 0.05) is 36.4 Å². The molecule has 2 bridgehead atoms. The fraction of sp³-hybridized carbons (Fsp3) is 0.930. The van der Waals surface area contributed by atoms with Crippen molar-refractivity contribution in [2.75, 3.05) is 13.2 Å². The van der Waals surface area contributed by atoms with Crippen LogP contribution in [0.1, 0.15) is 196 Å². The predicted octanol–water partition coefficient (Wildman–Crippen LogP) is 10.1. The highest BCUT2D eigenvalue weighted by molar-refractivity contribution is 5.95. The average Bonchev–Trinajstić information content (AvgIpc) is 3.54. The van der Waals surface area contributed by atoms with Crippen LogP contribution < -0.4 is 10.6 Å². The Kier molecular flexibility index (Phi) is 15.3. The summed E-state index contributed by atoms with van der Waals surface area (Å²) >= 11 is 0. The van der Waals surface area contributed by atoms with E-state index in [1.165, 1.54) is 89.9 Å². The normalized spacial score (nSPS) is 30.7. The summed E-state index contributed by atoms with van der Waals surface area (Å²) in [5, 5.41) is 7.16. The Morgan fingerprint density at radius 3 is 2.00 bits per heavy atom. The van der Waals surface area contributed by atoms with Gasteiger partial charge in [-0.15, -0.1) is 0 Å². The van der Waals surface area contributed by atoms with Crippen molar-refractivity contribution in [2.24, 2.45) is 28.6 Å². The maximum absolute atomic E-state index is 14.2. The fourth-order valence-electron chi connectivity index (χ4n) is 11.0. The first-order chi connectivity index (χ1) is 23.4. The predicted molar refractivity (Wildman–Crippen MR) is 202 cm³/mol. The standard InChI is InChI=1S/C43H76N2O4/c1-7-42-34-24-18-14-15-19-25-35(32-34)43(42,8-2)45-36(39(42)48)26-20-21-30-44-37(46)27-28-41(5,6)49-31-29-40(3,4)38(47)33-22-16-12-10-9-11-13-17-23-33/h33-36,45H,7-32H2,1-6H3,(H,44,46). The largest absolute Gasteiger partial charge is 0.376 e. The quantitative estimate of drug-likeness (QED) is 0.158. The van der Waals surface area contributed by atoms with Crippen LogP contribution in [0, 0.1) is 28.6 Å². The molecule has 0 spiro atoms. The highest BCUT2D eigenvalue weighted by Crippen LogP contribution is 2.64. The lowest BCUT2D eigenvalue weighted by Gasteiger charge is -2.44. The molecule has 282 valence electrons. The van der Waals surface area contributed by atoms with Gasteiger partial charge < -0.3 is 15.4 Å². The van der Waals surface area contributed by atoms with E-state index in [0.717, 1.165) is 51.4 Å². The summed E-state index contributed by atoms with van der Waals surface area (Å²) < 4.78 is 6.29. The first-order valence-electron chi connectivity index (χ1n) is 21.2. The number of Topliss-reactive ketones (excluding diaryl/α,β-unsaturated/α-hetero) is 2. The third kappa shape index (κ3) is 9.79. The van der Waals surface area contributed by atoms with Crippen LogP contribution in [0.4, 0.5) is 0 Å².